The summed E-state index contributed by atoms with van der Waals surface area (Å²) in [5.74, 6) is -1.53. The van der Waals surface area contributed by atoms with Gasteiger partial charge in [0.25, 0.3) is 11.7 Å². The van der Waals surface area contributed by atoms with Gasteiger partial charge in [-0.05, 0) is 47.8 Å². The van der Waals surface area contributed by atoms with Gasteiger partial charge in [0.15, 0.2) is 0 Å². The van der Waals surface area contributed by atoms with E-state index in [1.807, 2.05) is 0 Å². The van der Waals surface area contributed by atoms with Gasteiger partial charge < -0.3 is 9.84 Å². The van der Waals surface area contributed by atoms with Crippen molar-refractivity contribution in [2.24, 2.45) is 5.14 Å². The molecule has 2 heterocycles. The van der Waals surface area contributed by atoms with Gasteiger partial charge >= 0.3 is 0 Å². The van der Waals surface area contributed by atoms with Crippen molar-refractivity contribution in [3.05, 3.63) is 82.1 Å². The third-order valence-electron chi connectivity index (χ3n) is 5.04. The summed E-state index contributed by atoms with van der Waals surface area (Å²) in [6, 6.07) is 14.5. The summed E-state index contributed by atoms with van der Waals surface area (Å²) < 4.78 is 28.3. The van der Waals surface area contributed by atoms with E-state index >= 15 is 0 Å². The molecule has 4 rings (SSSR count). The molecule has 1 aliphatic rings. The molecule has 10 heteroatoms. The number of carbonyl (C=O) groups is 2. The molecular weight excluding hydrogens is 452 g/mol. The fourth-order valence-electron chi connectivity index (χ4n) is 3.54. The second-order valence-corrected chi connectivity index (χ2v) is 9.50. The second-order valence-electron chi connectivity index (χ2n) is 6.96. The molecule has 3 N–H and O–H groups in total. The topological polar surface area (TPSA) is 127 Å². The van der Waals surface area contributed by atoms with Crippen molar-refractivity contribution < 1.29 is 27.9 Å². The number of primary sulfonamides is 1. The van der Waals surface area contributed by atoms with Gasteiger partial charge in [-0.15, -0.1) is 11.3 Å². The number of carbonyl (C=O) groups excluding carboxylic acids is 2. The SMILES string of the molecule is COc1cccc(/C(O)=C2/C(=O)C(=O)N(c3ccc(S(N)(=O)=O)cc3)C2c2cccs2)c1. The van der Waals surface area contributed by atoms with Gasteiger partial charge in [0, 0.05) is 16.1 Å². The number of aliphatic hydroxyl groups excluding tert-OH is 1. The molecule has 3 aromatic rings. The summed E-state index contributed by atoms with van der Waals surface area (Å²) in [6.45, 7) is 0. The smallest absolute Gasteiger partial charge is 0.300 e. The van der Waals surface area contributed by atoms with E-state index in [2.05, 4.69) is 0 Å². The number of amides is 1. The molecule has 0 spiro atoms. The van der Waals surface area contributed by atoms with Crippen LogP contribution in [-0.4, -0.2) is 32.3 Å². The zero-order valence-electron chi connectivity index (χ0n) is 16.8. The maximum Gasteiger partial charge on any atom is 0.300 e. The quantitative estimate of drug-likeness (QED) is 0.335. The number of sulfonamides is 1. The number of aliphatic hydroxyl groups is 1. The normalized spacial score (nSPS) is 18.2. The van der Waals surface area contributed by atoms with Gasteiger partial charge in [-0.25, -0.2) is 13.6 Å². The number of Topliss-reactive ketones (excluding diaryl/α,β-unsaturated/α-hetero) is 1. The summed E-state index contributed by atoms with van der Waals surface area (Å²) in [4.78, 5) is 27.8. The number of anilines is 1. The first-order valence-electron chi connectivity index (χ1n) is 9.34. The van der Waals surface area contributed by atoms with E-state index < -0.39 is 27.8 Å². The molecule has 8 nitrogen and oxygen atoms in total. The highest BCUT2D eigenvalue weighted by Gasteiger charge is 2.47. The number of hydrogen-bond acceptors (Lipinski definition) is 7. The molecule has 0 bridgehead atoms. The largest absolute Gasteiger partial charge is 0.507 e. The molecule has 32 heavy (non-hydrogen) atoms. The van der Waals surface area contributed by atoms with Gasteiger partial charge in [-0.2, -0.15) is 0 Å². The van der Waals surface area contributed by atoms with Crippen molar-refractivity contribution in [2.45, 2.75) is 10.9 Å². The number of ketones is 1. The summed E-state index contributed by atoms with van der Waals surface area (Å²) in [7, 11) is -2.44. The third-order valence-corrected chi connectivity index (χ3v) is 6.90. The highest BCUT2D eigenvalue weighted by atomic mass is 32.2. The average molecular weight is 471 g/mol. The van der Waals surface area contributed by atoms with Gasteiger partial charge in [0.05, 0.1) is 17.6 Å². The molecule has 2 aromatic carbocycles. The molecule has 1 saturated heterocycles. The minimum absolute atomic E-state index is 0.0683. The van der Waals surface area contributed by atoms with Crippen LogP contribution >= 0.6 is 11.3 Å². The second kappa shape index (κ2) is 8.23. The first kappa shape index (κ1) is 21.8. The Labute approximate surface area is 188 Å². The van der Waals surface area contributed by atoms with Crippen LogP contribution in [0.1, 0.15) is 16.5 Å². The van der Waals surface area contributed by atoms with E-state index in [0.717, 1.165) is 0 Å². The maximum absolute atomic E-state index is 13.0. The molecule has 164 valence electrons. The first-order valence-corrected chi connectivity index (χ1v) is 11.8. The highest BCUT2D eigenvalue weighted by molar-refractivity contribution is 7.89. The number of thiophene rings is 1. The Morgan fingerprint density at radius 1 is 1.09 bits per heavy atom. The van der Waals surface area contributed by atoms with Crippen LogP contribution in [0.3, 0.4) is 0 Å². The number of benzene rings is 2. The van der Waals surface area contributed by atoms with E-state index in [1.54, 1.807) is 41.8 Å². The van der Waals surface area contributed by atoms with Crippen LogP contribution in [0.15, 0.2) is 76.5 Å². The first-order chi connectivity index (χ1) is 15.2. The van der Waals surface area contributed by atoms with Crippen LogP contribution in [0.5, 0.6) is 5.75 Å². The summed E-state index contributed by atoms with van der Waals surface area (Å²) in [6.07, 6.45) is 0. The Morgan fingerprint density at radius 2 is 1.81 bits per heavy atom. The molecule has 1 fully saturated rings. The van der Waals surface area contributed by atoms with E-state index in [1.165, 1.54) is 47.6 Å². The fraction of sp³-hybridized carbons (Fsp3) is 0.0909. The zero-order valence-corrected chi connectivity index (χ0v) is 18.4. The summed E-state index contributed by atoms with van der Waals surface area (Å²) in [5, 5.41) is 18.0. The molecule has 1 unspecified atom stereocenters. The van der Waals surface area contributed by atoms with Gasteiger partial charge in [0.2, 0.25) is 10.0 Å². The number of nitrogens with zero attached hydrogens (tertiary/aromatic N) is 1. The minimum Gasteiger partial charge on any atom is -0.507 e. The van der Waals surface area contributed by atoms with Crippen LogP contribution in [0.2, 0.25) is 0 Å². The lowest BCUT2D eigenvalue weighted by Gasteiger charge is -2.24. The summed E-state index contributed by atoms with van der Waals surface area (Å²) in [5.41, 5.74) is 0.553. The van der Waals surface area contributed by atoms with Crippen molar-refractivity contribution in [3.8, 4) is 5.75 Å². The molecule has 0 radical (unpaired) electrons. The van der Waals surface area contributed by atoms with Crippen LogP contribution in [0.4, 0.5) is 5.69 Å². The average Bonchev–Trinajstić information content (AvgIpc) is 3.40. The number of ether oxygens (including phenoxy) is 1. The van der Waals surface area contributed by atoms with Crippen LogP contribution in [0.25, 0.3) is 5.76 Å². The lowest BCUT2D eigenvalue weighted by Crippen LogP contribution is -2.29. The lowest BCUT2D eigenvalue weighted by molar-refractivity contribution is -0.132. The predicted octanol–water partition coefficient (Wildman–Crippen LogP) is 3.03. The lowest BCUT2D eigenvalue weighted by atomic mass is 9.99. The van der Waals surface area contributed by atoms with Crippen molar-refractivity contribution in [3.63, 3.8) is 0 Å². The highest BCUT2D eigenvalue weighted by Crippen LogP contribution is 2.43. The van der Waals surface area contributed by atoms with Gasteiger partial charge in [0.1, 0.15) is 17.6 Å². The molecule has 0 saturated carbocycles. The Balaban J connectivity index is 1.89. The molecule has 1 atom stereocenters. The molecule has 1 aromatic heterocycles. The molecule has 1 aliphatic heterocycles. The summed E-state index contributed by atoms with van der Waals surface area (Å²) >= 11 is 1.32. The van der Waals surface area contributed by atoms with E-state index in [-0.39, 0.29) is 16.2 Å². The Bertz CT molecular complexity index is 1330. The van der Waals surface area contributed by atoms with Crippen molar-refractivity contribution >= 4 is 44.5 Å². The number of nitrogens with two attached hydrogens (primary N) is 1. The van der Waals surface area contributed by atoms with E-state index in [0.29, 0.717) is 21.9 Å². The Kier molecular flexibility index (Phi) is 5.59. The zero-order chi connectivity index (χ0) is 23.0. The monoisotopic (exact) mass is 470 g/mol. The molecule has 1 amide bonds. The number of rotatable bonds is 5. The number of methoxy groups -OCH3 is 1. The third kappa shape index (κ3) is 3.79. The van der Waals surface area contributed by atoms with Crippen molar-refractivity contribution in [2.75, 3.05) is 12.0 Å². The van der Waals surface area contributed by atoms with Crippen molar-refractivity contribution in [1.29, 1.82) is 0 Å². The maximum atomic E-state index is 13.0. The Hall–Kier alpha value is -3.47. The fourth-order valence-corrected chi connectivity index (χ4v) is 4.88. The van der Waals surface area contributed by atoms with Crippen LogP contribution in [0, 0.1) is 0 Å². The Morgan fingerprint density at radius 3 is 2.41 bits per heavy atom. The van der Waals surface area contributed by atoms with Crippen molar-refractivity contribution in [1.82, 2.24) is 0 Å². The molecule has 0 aliphatic carbocycles. The molecular formula is C22H18N2O6S2. The van der Waals surface area contributed by atoms with Crippen LogP contribution in [-0.2, 0) is 19.6 Å². The van der Waals surface area contributed by atoms with Gasteiger partial charge in [-0.3, -0.25) is 14.5 Å². The standard InChI is InChI=1S/C22H18N2O6S2/c1-30-15-5-2-4-13(12-15)20(25)18-19(17-6-3-11-31-17)24(22(27)21(18)26)14-7-9-16(10-8-14)32(23,28)29/h2-12,19,25H,1H3,(H2,23,28,29)/b20-18-. The van der Waals surface area contributed by atoms with E-state index in [4.69, 9.17) is 9.88 Å². The number of hydrogen-bond donors (Lipinski definition) is 2. The predicted molar refractivity (Wildman–Crippen MR) is 120 cm³/mol. The minimum atomic E-state index is -3.92. The van der Waals surface area contributed by atoms with Gasteiger partial charge in [-0.1, -0.05) is 18.2 Å². The van der Waals surface area contributed by atoms with E-state index in [9.17, 15) is 23.1 Å². The van der Waals surface area contributed by atoms with Crippen LogP contribution < -0.4 is 14.8 Å².